The van der Waals surface area contributed by atoms with E-state index >= 15 is 0 Å². The summed E-state index contributed by atoms with van der Waals surface area (Å²) in [6.07, 6.45) is 3.60. The van der Waals surface area contributed by atoms with Crippen molar-refractivity contribution in [2.24, 2.45) is 11.8 Å². The Bertz CT molecular complexity index is 1770. The van der Waals surface area contributed by atoms with Gasteiger partial charge in [0.05, 0.1) is 18.2 Å². The van der Waals surface area contributed by atoms with Crippen LogP contribution in [0.2, 0.25) is 0 Å². The maximum Gasteiger partial charge on any atom is 0.339 e. The predicted octanol–water partition coefficient (Wildman–Crippen LogP) is 2.45. The van der Waals surface area contributed by atoms with Gasteiger partial charge in [0.25, 0.3) is 11.8 Å². The summed E-state index contributed by atoms with van der Waals surface area (Å²) in [5, 5.41) is 24.3. The van der Waals surface area contributed by atoms with E-state index < -0.39 is 107 Å². The zero-order chi connectivity index (χ0) is 41.5. The molecule has 0 spiro atoms. The van der Waals surface area contributed by atoms with Crippen molar-refractivity contribution in [1.29, 1.82) is 0 Å². The Hall–Kier alpha value is -5.74. The topological polar surface area (TPSA) is 229 Å². The van der Waals surface area contributed by atoms with E-state index in [4.69, 9.17) is 0 Å². The molecule has 15 nitrogen and oxygen atoms in total. The highest BCUT2D eigenvalue weighted by atomic mass is 19.1. The monoisotopic (exact) mass is 784 g/mol. The van der Waals surface area contributed by atoms with Crippen molar-refractivity contribution >= 4 is 47.2 Å². The third-order valence-corrected chi connectivity index (χ3v) is 9.37. The molecule has 0 radical (unpaired) electrons. The van der Waals surface area contributed by atoms with Crippen LogP contribution >= 0.6 is 0 Å². The fourth-order valence-electron chi connectivity index (χ4n) is 6.56. The summed E-state index contributed by atoms with van der Waals surface area (Å²) >= 11 is 0. The minimum absolute atomic E-state index is 0.0190. The fourth-order valence-corrected chi connectivity index (χ4v) is 6.56. The second-order valence-electron chi connectivity index (χ2n) is 14.0. The van der Waals surface area contributed by atoms with Gasteiger partial charge in [0.2, 0.25) is 29.4 Å². The van der Waals surface area contributed by atoms with Gasteiger partial charge in [-0.15, -0.1) is 0 Å². The Labute approximate surface area is 323 Å². The zero-order valence-corrected chi connectivity index (χ0v) is 31.8. The number of halogens is 2. The van der Waals surface area contributed by atoms with Gasteiger partial charge in [0.15, 0.2) is 0 Å². The number of rotatable bonds is 19. The van der Waals surface area contributed by atoms with Crippen LogP contribution in [0.3, 0.4) is 0 Å². The Kier molecular flexibility index (Phi) is 17.0. The summed E-state index contributed by atoms with van der Waals surface area (Å²) in [7, 11) is 1.40. The van der Waals surface area contributed by atoms with E-state index in [1.165, 1.54) is 7.05 Å². The Morgan fingerprint density at radius 1 is 0.768 bits per heavy atom. The first-order valence-corrected chi connectivity index (χ1v) is 18.6. The van der Waals surface area contributed by atoms with Crippen LogP contribution in [0.4, 0.5) is 8.78 Å². The summed E-state index contributed by atoms with van der Waals surface area (Å²) in [5.74, 6) is -11.7. The number of carbonyl (C=O) groups excluding carboxylic acids is 7. The molecule has 17 heteroatoms. The van der Waals surface area contributed by atoms with Crippen molar-refractivity contribution in [3.8, 4) is 0 Å². The molecular formula is C39H50F2N6O9. The molecular weight excluding hydrogens is 734 g/mol. The Balaban J connectivity index is 1.76. The van der Waals surface area contributed by atoms with Crippen molar-refractivity contribution in [1.82, 2.24) is 31.9 Å². The van der Waals surface area contributed by atoms with Crippen LogP contribution in [0.25, 0.3) is 0 Å². The van der Waals surface area contributed by atoms with Crippen LogP contribution in [-0.2, 0) is 28.8 Å². The molecule has 56 heavy (non-hydrogen) atoms. The minimum Gasteiger partial charge on any atom is -0.478 e. The van der Waals surface area contributed by atoms with Gasteiger partial charge >= 0.3 is 5.97 Å². The standard InChI is InChI=1S/C39H50F2N6O9/c1-5-12-26(33(49)38(54)43-20-28(48)46-31(36(52)42-4)22-13-8-6-9-14-22)44-34(50)27(19-21(2)3)45-37(53)32(23-15-10-7-11-16-23)47-35(51)29-24(40)17-18-25(41)30(29)39(55)56/h6,8-9,13-14,17-18,21,23,26-27,31-32H,5,7,10-12,15-16,19-20H2,1-4H3,(H,42,52)(H,43,54)(H,44,50)(H,45,53)(H,46,48)(H,47,51)(H,55,56). The molecule has 4 atom stereocenters. The largest absolute Gasteiger partial charge is 0.478 e. The molecule has 304 valence electrons. The number of amides is 6. The molecule has 1 aliphatic carbocycles. The molecule has 2 aromatic carbocycles. The molecule has 0 bridgehead atoms. The number of benzene rings is 2. The normalized spacial score (nSPS) is 15.0. The van der Waals surface area contributed by atoms with Crippen LogP contribution < -0.4 is 31.9 Å². The van der Waals surface area contributed by atoms with Gasteiger partial charge in [0.1, 0.15) is 35.3 Å². The van der Waals surface area contributed by atoms with Crippen molar-refractivity contribution in [3.63, 3.8) is 0 Å². The second-order valence-corrected chi connectivity index (χ2v) is 14.0. The Morgan fingerprint density at radius 2 is 1.38 bits per heavy atom. The van der Waals surface area contributed by atoms with E-state index in [2.05, 4.69) is 31.9 Å². The van der Waals surface area contributed by atoms with Crippen molar-refractivity contribution in [2.45, 2.75) is 96.3 Å². The number of nitrogens with one attached hydrogen (secondary N) is 6. The first kappa shape index (κ1) is 44.7. The third-order valence-electron chi connectivity index (χ3n) is 9.37. The maximum atomic E-state index is 14.8. The number of hydrogen-bond acceptors (Lipinski definition) is 8. The lowest BCUT2D eigenvalue weighted by Crippen LogP contribution is -2.58. The number of ketones is 1. The van der Waals surface area contributed by atoms with E-state index in [0.29, 0.717) is 49.8 Å². The number of likely N-dealkylation sites (N-methyl/N-ethyl adjacent to an activating group) is 1. The molecule has 1 aliphatic rings. The van der Waals surface area contributed by atoms with Gasteiger partial charge < -0.3 is 37.0 Å². The van der Waals surface area contributed by atoms with Gasteiger partial charge in [-0.05, 0) is 55.2 Å². The number of aromatic carboxylic acids is 1. The number of carboxylic acid groups (broad SMARTS) is 1. The second kappa shape index (κ2) is 21.4. The summed E-state index contributed by atoms with van der Waals surface area (Å²) in [4.78, 5) is 104. The van der Waals surface area contributed by atoms with Gasteiger partial charge in [-0.2, -0.15) is 0 Å². The van der Waals surface area contributed by atoms with Crippen molar-refractivity contribution < 1.29 is 52.2 Å². The first-order chi connectivity index (χ1) is 26.6. The van der Waals surface area contributed by atoms with E-state index in [0.717, 1.165) is 6.42 Å². The highest BCUT2D eigenvalue weighted by Crippen LogP contribution is 2.28. The average Bonchev–Trinajstić information content (AvgIpc) is 3.17. The lowest BCUT2D eigenvalue weighted by Gasteiger charge is -2.32. The minimum atomic E-state index is -1.88. The predicted molar refractivity (Wildman–Crippen MR) is 199 cm³/mol. The van der Waals surface area contributed by atoms with Crippen LogP contribution in [0.15, 0.2) is 42.5 Å². The lowest BCUT2D eigenvalue weighted by atomic mass is 9.83. The van der Waals surface area contributed by atoms with E-state index in [1.807, 2.05) is 0 Å². The number of carboxylic acids is 1. The summed E-state index contributed by atoms with van der Waals surface area (Å²) in [6.45, 7) is 4.59. The SMILES string of the molecule is CCCC(NC(=O)C(CC(C)C)NC(=O)C(NC(=O)c1c(F)ccc(F)c1C(=O)O)C1CCCCC1)C(=O)C(=O)NCC(=O)NC(C(=O)NC)c1ccccc1. The molecule has 4 unspecified atom stereocenters. The number of Topliss-reactive ketones (excluding diaryl/α,β-unsaturated/α-hetero) is 1. The molecule has 6 amide bonds. The fraction of sp³-hybridized carbons (Fsp3) is 0.487. The molecule has 1 fully saturated rings. The molecule has 2 aromatic rings. The van der Waals surface area contributed by atoms with Crippen LogP contribution in [0.1, 0.15) is 104 Å². The molecule has 7 N–H and O–H groups in total. The van der Waals surface area contributed by atoms with Crippen LogP contribution in [0.5, 0.6) is 0 Å². The maximum absolute atomic E-state index is 14.8. The Morgan fingerprint density at radius 3 is 1.95 bits per heavy atom. The molecule has 0 aromatic heterocycles. The average molecular weight is 785 g/mol. The lowest BCUT2D eigenvalue weighted by molar-refractivity contribution is -0.141. The van der Waals surface area contributed by atoms with Gasteiger partial charge in [-0.3, -0.25) is 33.6 Å². The first-order valence-electron chi connectivity index (χ1n) is 18.6. The molecule has 0 saturated heterocycles. The third kappa shape index (κ3) is 12.4. The quantitative estimate of drug-likeness (QED) is 0.104. The highest BCUT2D eigenvalue weighted by molar-refractivity contribution is 6.38. The van der Waals surface area contributed by atoms with Gasteiger partial charge in [-0.25, -0.2) is 13.6 Å². The van der Waals surface area contributed by atoms with Crippen LogP contribution in [-0.4, -0.2) is 84.0 Å². The van der Waals surface area contributed by atoms with Gasteiger partial charge in [0, 0.05) is 7.05 Å². The smallest absolute Gasteiger partial charge is 0.339 e. The summed E-state index contributed by atoms with van der Waals surface area (Å²) in [5.41, 5.74) is -1.79. The molecule has 1 saturated carbocycles. The number of hydrogen-bond donors (Lipinski definition) is 7. The van der Waals surface area contributed by atoms with Crippen LogP contribution in [0, 0.1) is 23.5 Å². The summed E-state index contributed by atoms with van der Waals surface area (Å²) < 4.78 is 29.2. The van der Waals surface area contributed by atoms with Crippen molar-refractivity contribution in [2.75, 3.05) is 13.6 Å². The van der Waals surface area contributed by atoms with E-state index in [9.17, 15) is 52.2 Å². The molecule has 3 rings (SSSR count). The van der Waals surface area contributed by atoms with Gasteiger partial charge in [-0.1, -0.05) is 76.8 Å². The molecule has 0 heterocycles. The zero-order valence-electron chi connectivity index (χ0n) is 31.8. The number of carbonyl (C=O) groups is 8. The van der Waals surface area contributed by atoms with E-state index in [1.54, 1.807) is 51.1 Å². The van der Waals surface area contributed by atoms with Crippen molar-refractivity contribution in [3.05, 3.63) is 70.8 Å². The van der Waals surface area contributed by atoms with E-state index in [-0.39, 0.29) is 18.8 Å². The highest BCUT2D eigenvalue weighted by Gasteiger charge is 2.37. The summed E-state index contributed by atoms with van der Waals surface area (Å²) in [6, 6.07) is 4.45. The molecule has 0 aliphatic heterocycles.